The normalized spacial score (nSPS) is 23.6. The maximum absolute atomic E-state index is 5.36. The zero-order valence-electron chi connectivity index (χ0n) is 6.01. The van der Waals surface area contributed by atoms with Gasteiger partial charge in [0.25, 0.3) is 0 Å². The lowest BCUT2D eigenvalue weighted by molar-refractivity contribution is 0.729. The first-order valence-corrected chi connectivity index (χ1v) is 3.89. The van der Waals surface area contributed by atoms with E-state index in [0.29, 0.717) is 0 Å². The summed E-state index contributed by atoms with van der Waals surface area (Å²) in [6.07, 6.45) is 0. The second-order valence-corrected chi connectivity index (χ2v) is 2.63. The van der Waals surface area contributed by atoms with Gasteiger partial charge in [-0.15, -0.1) is 0 Å². The fourth-order valence-electron chi connectivity index (χ4n) is 0.391. The molecule has 4 heteroatoms. The van der Waals surface area contributed by atoms with E-state index in [0.717, 1.165) is 5.04 Å². The Labute approximate surface area is 60.1 Å². The first-order chi connectivity index (χ1) is 4.29. The molecule has 0 saturated heterocycles. The van der Waals surface area contributed by atoms with Gasteiger partial charge in [-0.05, 0) is 6.92 Å². The van der Waals surface area contributed by atoms with Crippen LogP contribution in [0.5, 0.6) is 0 Å². The van der Waals surface area contributed by atoms with E-state index in [9.17, 15) is 0 Å². The van der Waals surface area contributed by atoms with E-state index in [1.54, 1.807) is 0 Å². The Balaban J connectivity index is 0.000000291. The van der Waals surface area contributed by atoms with Crippen molar-refractivity contribution in [3.63, 3.8) is 0 Å². The molecule has 54 valence electrons. The zero-order valence-corrected chi connectivity index (χ0v) is 6.83. The van der Waals surface area contributed by atoms with Crippen molar-refractivity contribution in [1.29, 1.82) is 0 Å². The molecule has 1 atom stereocenters. The molecule has 0 fully saturated rings. The average molecular weight is 147 g/mol. The third kappa shape index (κ3) is 3.37. The van der Waals surface area contributed by atoms with Crippen LogP contribution in [0.25, 0.3) is 0 Å². The molecule has 1 aliphatic rings. The Hall–Kier alpha value is -0.220. The number of nitrogens with two attached hydrogens (primary N) is 1. The summed E-state index contributed by atoms with van der Waals surface area (Å²) in [6.45, 7) is 5.92. The maximum atomic E-state index is 5.36. The van der Waals surface area contributed by atoms with Gasteiger partial charge in [-0.2, -0.15) is 5.10 Å². The highest BCUT2D eigenvalue weighted by Crippen LogP contribution is 2.10. The Bertz CT molecular complexity index is 102. The van der Waals surface area contributed by atoms with E-state index in [2.05, 4.69) is 10.5 Å². The fraction of sp³-hybridized carbons (Fsp3) is 0.800. The second kappa shape index (κ2) is 4.64. The third-order valence-electron chi connectivity index (χ3n) is 0.647. The predicted octanol–water partition coefficient (Wildman–Crippen LogP) is 0.925. The van der Waals surface area contributed by atoms with E-state index < -0.39 is 0 Å². The Morgan fingerprint density at radius 2 is 2.22 bits per heavy atom. The van der Waals surface area contributed by atoms with Gasteiger partial charge in [-0.25, -0.2) is 0 Å². The van der Waals surface area contributed by atoms with Crippen LogP contribution < -0.4 is 11.2 Å². The van der Waals surface area contributed by atoms with Gasteiger partial charge in [0.15, 0.2) is 0 Å². The van der Waals surface area contributed by atoms with E-state index in [4.69, 9.17) is 5.73 Å². The van der Waals surface area contributed by atoms with Crippen LogP contribution in [-0.4, -0.2) is 10.5 Å². The number of rotatable bonds is 0. The molecule has 0 aromatic carbocycles. The molecule has 0 radical (unpaired) electrons. The minimum absolute atomic E-state index is 0.0139. The second-order valence-electron chi connectivity index (χ2n) is 1.30. The molecule has 9 heavy (non-hydrogen) atoms. The lowest BCUT2D eigenvalue weighted by atomic mass is 10.9. The van der Waals surface area contributed by atoms with E-state index in [1.807, 2.05) is 20.8 Å². The molecular weight excluding hydrogens is 134 g/mol. The zero-order chi connectivity index (χ0) is 7.28. The topological polar surface area (TPSA) is 50.4 Å². The maximum Gasteiger partial charge on any atom is 0.144 e. The molecule has 1 rings (SSSR count). The Morgan fingerprint density at radius 1 is 1.67 bits per heavy atom. The van der Waals surface area contributed by atoms with Crippen molar-refractivity contribution in [1.82, 2.24) is 5.43 Å². The SMILES string of the molecule is CC.CC1=NNC(N)S1. The van der Waals surface area contributed by atoms with Crippen molar-refractivity contribution in [3.8, 4) is 0 Å². The van der Waals surface area contributed by atoms with E-state index in [1.165, 1.54) is 11.8 Å². The number of nitrogens with one attached hydrogen (secondary N) is 1. The van der Waals surface area contributed by atoms with Gasteiger partial charge in [0, 0.05) is 0 Å². The average Bonchev–Trinajstić information content (AvgIpc) is 2.20. The summed E-state index contributed by atoms with van der Waals surface area (Å²) in [4.78, 5) is 0. The summed E-state index contributed by atoms with van der Waals surface area (Å²) in [5, 5.41) is 4.83. The van der Waals surface area contributed by atoms with Crippen LogP contribution in [0.15, 0.2) is 5.10 Å². The largest absolute Gasteiger partial charge is 0.301 e. The first-order valence-electron chi connectivity index (χ1n) is 3.01. The molecule has 3 nitrogen and oxygen atoms in total. The van der Waals surface area contributed by atoms with Crippen molar-refractivity contribution in [2.45, 2.75) is 26.3 Å². The van der Waals surface area contributed by atoms with Gasteiger partial charge in [-0.3, -0.25) is 5.43 Å². The van der Waals surface area contributed by atoms with Crippen molar-refractivity contribution >= 4 is 16.8 Å². The highest BCUT2D eigenvalue weighted by molar-refractivity contribution is 8.14. The molecular formula is C5H13N3S. The van der Waals surface area contributed by atoms with Crippen LogP contribution in [0.3, 0.4) is 0 Å². The Kier molecular flexibility index (Phi) is 4.53. The highest BCUT2D eigenvalue weighted by Gasteiger charge is 2.08. The smallest absolute Gasteiger partial charge is 0.144 e. The van der Waals surface area contributed by atoms with Gasteiger partial charge < -0.3 is 5.73 Å². The van der Waals surface area contributed by atoms with Crippen LogP contribution in [0, 0.1) is 0 Å². The van der Waals surface area contributed by atoms with Gasteiger partial charge >= 0.3 is 0 Å². The molecule has 0 amide bonds. The molecule has 1 heterocycles. The summed E-state index contributed by atoms with van der Waals surface area (Å²) in [7, 11) is 0. The lowest BCUT2D eigenvalue weighted by Gasteiger charge is -1.95. The quantitative estimate of drug-likeness (QED) is 0.536. The molecule has 0 aromatic rings. The van der Waals surface area contributed by atoms with Gasteiger partial charge in [0.2, 0.25) is 0 Å². The summed E-state index contributed by atoms with van der Waals surface area (Å²) in [6, 6.07) is 0. The van der Waals surface area contributed by atoms with Crippen molar-refractivity contribution in [2.24, 2.45) is 10.8 Å². The monoisotopic (exact) mass is 147 g/mol. The van der Waals surface area contributed by atoms with Gasteiger partial charge in [0.05, 0.1) is 5.04 Å². The van der Waals surface area contributed by atoms with Gasteiger partial charge in [0.1, 0.15) is 5.50 Å². The van der Waals surface area contributed by atoms with Crippen LogP contribution in [0.2, 0.25) is 0 Å². The van der Waals surface area contributed by atoms with Crippen LogP contribution in [0.4, 0.5) is 0 Å². The van der Waals surface area contributed by atoms with E-state index >= 15 is 0 Å². The first kappa shape index (κ1) is 8.78. The molecule has 0 aliphatic carbocycles. The fourth-order valence-corrected chi connectivity index (χ4v) is 0.969. The molecule has 1 aliphatic heterocycles. The molecule has 0 bridgehead atoms. The third-order valence-corrected chi connectivity index (χ3v) is 1.44. The number of hydrogen-bond donors (Lipinski definition) is 2. The number of thioether (sulfide) groups is 1. The summed E-state index contributed by atoms with van der Waals surface area (Å²) in [5.74, 6) is 0. The number of hydrazone groups is 1. The Morgan fingerprint density at radius 3 is 2.33 bits per heavy atom. The number of nitrogens with zero attached hydrogens (tertiary/aromatic N) is 1. The van der Waals surface area contributed by atoms with Crippen molar-refractivity contribution < 1.29 is 0 Å². The van der Waals surface area contributed by atoms with Crippen LogP contribution >= 0.6 is 11.8 Å². The molecule has 3 N–H and O–H groups in total. The lowest BCUT2D eigenvalue weighted by Crippen LogP contribution is -2.25. The number of hydrogen-bond acceptors (Lipinski definition) is 4. The molecule has 0 spiro atoms. The van der Waals surface area contributed by atoms with Crippen LogP contribution in [0.1, 0.15) is 20.8 Å². The molecule has 0 aromatic heterocycles. The van der Waals surface area contributed by atoms with Gasteiger partial charge in [-0.1, -0.05) is 25.6 Å². The minimum Gasteiger partial charge on any atom is -0.301 e. The highest BCUT2D eigenvalue weighted by atomic mass is 32.2. The summed E-state index contributed by atoms with van der Waals surface area (Å²) < 4.78 is 0. The van der Waals surface area contributed by atoms with E-state index in [-0.39, 0.29) is 5.50 Å². The van der Waals surface area contributed by atoms with Crippen molar-refractivity contribution in [3.05, 3.63) is 0 Å². The summed E-state index contributed by atoms with van der Waals surface area (Å²) >= 11 is 1.54. The molecule has 1 unspecified atom stereocenters. The summed E-state index contributed by atoms with van der Waals surface area (Å²) in [5.41, 5.74) is 8.05. The van der Waals surface area contributed by atoms with Crippen LogP contribution in [-0.2, 0) is 0 Å². The standard InChI is InChI=1S/C3H7N3S.C2H6/c1-2-5-6-3(4)7-2;1-2/h3,6H,4H2,1H3;1-2H3. The molecule has 0 saturated carbocycles. The predicted molar refractivity (Wildman–Crippen MR) is 43.2 cm³/mol. The van der Waals surface area contributed by atoms with Crippen molar-refractivity contribution in [2.75, 3.05) is 0 Å². The minimum atomic E-state index is -0.0139.